The predicted molar refractivity (Wildman–Crippen MR) is 138 cm³/mol. The number of aromatic nitrogens is 2. The number of hydrogen-bond donors (Lipinski definition) is 2. The molecule has 6 nitrogen and oxygen atoms in total. The Bertz CT molecular complexity index is 1430. The SMILES string of the molecule is CN/N=C(/C)c1ccc(-c2c(OCc3ccc(Cl)cc3)ccc(-c3cc(C(F)(F)F)nn3C)c2O)cc1. The van der Waals surface area contributed by atoms with Gasteiger partial charge < -0.3 is 15.3 Å². The number of halogens is 4. The fraction of sp³-hybridized carbons (Fsp3) is 0.185. The number of nitrogens with zero attached hydrogens (tertiary/aromatic N) is 3. The van der Waals surface area contributed by atoms with Crippen LogP contribution in [0.15, 0.2) is 71.8 Å². The van der Waals surface area contributed by atoms with Crippen molar-refractivity contribution < 1.29 is 23.0 Å². The first kappa shape index (κ1) is 26.1. The third kappa shape index (κ3) is 5.72. The Kier molecular flexibility index (Phi) is 7.45. The van der Waals surface area contributed by atoms with Gasteiger partial charge in [0.05, 0.1) is 17.0 Å². The van der Waals surface area contributed by atoms with E-state index in [9.17, 15) is 18.3 Å². The van der Waals surface area contributed by atoms with Gasteiger partial charge in [0.2, 0.25) is 0 Å². The summed E-state index contributed by atoms with van der Waals surface area (Å²) in [5, 5.41) is 19.7. The van der Waals surface area contributed by atoms with Crippen LogP contribution < -0.4 is 10.2 Å². The number of aromatic hydroxyl groups is 1. The summed E-state index contributed by atoms with van der Waals surface area (Å²) in [6.45, 7) is 2.05. The Balaban J connectivity index is 1.80. The first-order chi connectivity index (χ1) is 17.6. The number of hydrazone groups is 1. The van der Waals surface area contributed by atoms with Crippen molar-refractivity contribution in [3.8, 4) is 33.9 Å². The van der Waals surface area contributed by atoms with Crippen LogP contribution >= 0.6 is 11.6 Å². The van der Waals surface area contributed by atoms with Crippen molar-refractivity contribution in [1.82, 2.24) is 15.2 Å². The lowest BCUT2D eigenvalue weighted by Crippen LogP contribution is -2.06. The number of ether oxygens (including phenoxy) is 1. The molecule has 192 valence electrons. The van der Waals surface area contributed by atoms with Crippen molar-refractivity contribution in [2.45, 2.75) is 19.7 Å². The highest BCUT2D eigenvalue weighted by molar-refractivity contribution is 6.30. The van der Waals surface area contributed by atoms with E-state index in [2.05, 4.69) is 15.6 Å². The minimum absolute atomic E-state index is 0.115. The molecule has 0 aliphatic heterocycles. The molecule has 0 amide bonds. The lowest BCUT2D eigenvalue weighted by Gasteiger charge is -2.17. The van der Waals surface area contributed by atoms with Crippen molar-refractivity contribution in [2.24, 2.45) is 12.1 Å². The van der Waals surface area contributed by atoms with E-state index in [1.165, 1.54) is 13.1 Å². The largest absolute Gasteiger partial charge is 0.506 e. The smallest absolute Gasteiger partial charge is 0.435 e. The maximum Gasteiger partial charge on any atom is 0.435 e. The summed E-state index contributed by atoms with van der Waals surface area (Å²) in [5.41, 5.74) is 5.44. The summed E-state index contributed by atoms with van der Waals surface area (Å²) in [6.07, 6.45) is -4.61. The van der Waals surface area contributed by atoms with Crippen molar-refractivity contribution in [1.29, 1.82) is 0 Å². The van der Waals surface area contributed by atoms with Gasteiger partial charge in [0.25, 0.3) is 0 Å². The molecule has 0 bridgehead atoms. The van der Waals surface area contributed by atoms with Gasteiger partial charge in [-0.05, 0) is 53.9 Å². The predicted octanol–water partition coefficient (Wildman–Crippen LogP) is 6.65. The van der Waals surface area contributed by atoms with E-state index in [1.807, 2.05) is 31.2 Å². The number of phenols is 1. The molecule has 10 heteroatoms. The molecule has 0 saturated carbocycles. The van der Waals surface area contributed by atoms with Crippen LogP contribution in [0.1, 0.15) is 23.7 Å². The zero-order valence-electron chi connectivity index (χ0n) is 20.3. The first-order valence-corrected chi connectivity index (χ1v) is 11.6. The molecule has 0 atom stereocenters. The van der Waals surface area contributed by atoms with Crippen LogP contribution in [0.3, 0.4) is 0 Å². The van der Waals surface area contributed by atoms with Crippen LogP contribution in [0.5, 0.6) is 11.5 Å². The van der Waals surface area contributed by atoms with E-state index in [0.29, 0.717) is 21.9 Å². The topological polar surface area (TPSA) is 71.7 Å². The van der Waals surface area contributed by atoms with Gasteiger partial charge in [0, 0.05) is 24.7 Å². The van der Waals surface area contributed by atoms with Crippen molar-refractivity contribution in [2.75, 3.05) is 7.05 Å². The normalized spacial score (nSPS) is 12.0. The Morgan fingerprint density at radius 2 is 1.76 bits per heavy atom. The van der Waals surface area contributed by atoms with Crippen molar-refractivity contribution in [3.63, 3.8) is 0 Å². The number of nitrogens with one attached hydrogen (secondary N) is 1. The lowest BCUT2D eigenvalue weighted by molar-refractivity contribution is -0.141. The van der Waals surface area contributed by atoms with Crippen LogP contribution in [-0.2, 0) is 19.8 Å². The van der Waals surface area contributed by atoms with Gasteiger partial charge in [-0.1, -0.05) is 48.0 Å². The van der Waals surface area contributed by atoms with Crippen molar-refractivity contribution >= 4 is 17.3 Å². The van der Waals surface area contributed by atoms with E-state index < -0.39 is 11.9 Å². The maximum atomic E-state index is 13.3. The van der Waals surface area contributed by atoms with Gasteiger partial charge in [-0.3, -0.25) is 4.68 Å². The van der Waals surface area contributed by atoms with E-state index in [1.54, 1.807) is 37.4 Å². The fourth-order valence-corrected chi connectivity index (χ4v) is 4.01. The number of aryl methyl sites for hydroxylation is 1. The zero-order valence-corrected chi connectivity index (χ0v) is 21.0. The monoisotopic (exact) mass is 528 g/mol. The van der Waals surface area contributed by atoms with Crippen LogP contribution in [0, 0.1) is 0 Å². The van der Waals surface area contributed by atoms with E-state index >= 15 is 0 Å². The van der Waals surface area contributed by atoms with Gasteiger partial charge >= 0.3 is 6.18 Å². The average molecular weight is 529 g/mol. The second-order valence-corrected chi connectivity index (χ2v) is 8.72. The quantitative estimate of drug-likeness (QED) is 0.208. The molecular formula is C27H24ClF3N4O2. The highest BCUT2D eigenvalue weighted by Gasteiger charge is 2.35. The second-order valence-electron chi connectivity index (χ2n) is 8.28. The number of alkyl halides is 3. The van der Waals surface area contributed by atoms with Gasteiger partial charge in [-0.2, -0.15) is 23.4 Å². The highest BCUT2D eigenvalue weighted by atomic mass is 35.5. The molecule has 37 heavy (non-hydrogen) atoms. The molecular weight excluding hydrogens is 505 g/mol. The molecule has 1 aromatic heterocycles. The average Bonchev–Trinajstić information content (AvgIpc) is 3.26. The van der Waals surface area contributed by atoms with E-state index in [-0.39, 0.29) is 23.6 Å². The summed E-state index contributed by atoms with van der Waals surface area (Å²) in [7, 11) is 3.10. The minimum atomic E-state index is -4.61. The summed E-state index contributed by atoms with van der Waals surface area (Å²) < 4.78 is 47.0. The van der Waals surface area contributed by atoms with Crippen molar-refractivity contribution in [3.05, 3.63) is 88.6 Å². The third-order valence-corrected chi connectivity index (χ3v) is 6.02. The van der Waals surface area contributed by atoms with Gasteiger partial charge in [-0.15, -0.1) is 0 Å². The molecule has 3 aromatic carbocycles. The first-order valence-electron chi connectivity index (χ1n) is 11.2. The summed E-state index contributed by atoms with van der Waals surface area (Å²) in [5.74, 6) is 0.140. The molecule has 0 spiro atoms. The Morgan fingerprint density at radius 1 is 1.08 bits per heavy atom. The molecule has 0 saturated heterocycles. The summed E-state index contributed by atoms with van der Waals surface area (Å²) >= 11 is 5.96. The van der Waals surface area contributed by atoms with Gasteiger partial charge in [0.15, 0.2) is 5.69 Å². The van der Waals surface area contributed by atoms with Crippen LogP contribution in [0.25, 0.3) is 22.4 Å². The van der Waals surface area contributed by atoms with Crippen LogP contribution in [0.4, 0.5) is 13.2 Å². The molecule has 4 rings (SSSR count). The molecule has 1 heterocycles. The number of benzene rings is 3. The van der Waals surface area contributed by atoms with Gasteiger partial charge in [-0.25, -0.2) is 0 Å². The minimum Gasteiger partial charge on any atom is -0.506 e. The molecule has 0 fully saturated rings. The summed E-state index contributed by atoms with van der Waals surface area (Å²) in [4.78, 5) is 0. The second kappa shape index (κ2) is 10.6. The number of hydrogen-bond acceptors (Lipinski definition) is 5. The molecule has 2 N–H and O–H groups in total. The lowest BCUT2D eigenvalue weighted by atomic mass is 9.97. The van der Waals surface area contributed by atoms with E-state index in [0.717, 1.165) is 27.6 Å². The maximum absolute atomic E-state index is 13.3. The van der Waals surface area contributed by atoms with Crippen LogP contribution in [-0.4, -0.2) is 27.6 Å². The number of phenolic OH excluding ortho intramolecular Hbond substituents is 1. The molecule has 4 aromatic rings. The highest BCUT2D eigenvalue weighted by Crippen LogP contribution is 2.45. The standard InChI is InChI=1S/C27H24ClF3N4O2/c1-16(33-32-2)18-6-8-19(9-7-18)25-23(37-15-17-4-10-20(28)11-5-17)13-12-21(26(25)36)22-14-24(27(29,30)31)34-35(22)3/h4-14,32,36H,15H2,1-3H3/b33-16-. The zero-order chi connectivity index (χ0) is 26.7. The molecule has 0 aliphatic carbocycles. The summed E-state index contributed by atoms with van der Waals surface area (Å²) in [6, 6.07) is 18.5. The Morgan fingerprint density at radius 3 is 2.35 bits per heavy atom. The van der Waals surface area contributed by atoms with Gasteiger partial charge in [0.1, 0.15) is 18.1 Å². The Hall–Kier alpha value is -3.98. The molecule has 0 aliphatic rings. The third-order valence-electron chi connectivity index (χ3n) is 5.76. The molecule has 0 radical (unpaired) electrons. The number of rotatable bonds is 7. The Labute approximate surface area is 217 Å². The van der Waals surface area contributed by atoms with E-state index in [4.69, 9.17) is 16.3 Å². The molecule has 0 unspecified atom stereocenters. The van der Waals surface area contributed by atoms with Crippen LogP contribution in [0.2, 0.25) is 5.02 Å². The fourth-order valence-electron chi connectivity index (χ4n) is 3.89.